The van der Waals surface area contributed by atoms with E-state index in [9.17, 15) is 0 Å². The first kappa shape index (κ1) is 11.6. The molecule has 0 saturated heterocycles. The number of likely N-dealkylation sites (N-methyl/N-ethyl adjacent to an activating group) is 1. The number of hydrogen-bond donors (Lipinski definition) is 1. The quantitative estimate of drug-likeness (QED) is 0.834. The van der Waals surface area contributed by atoms with Crippen LogP contribution in [0.15, 0.2) is 18.3 Å². The summed E-state index contributed by atoms with van der Waals surface area (Å²) in [5.74, 6) is 0. The highest BCUT2D eigenvalue weighted by molar-refractivity contribution is 5.27. The Hall–Kier alpha value is -0.930. The zero-order chi connectivity index (χ0) is 11.5. The van der Waals surface area contributed by atoms with Crippen LogP contribution in [-0.2, 0) is 6.42 Å². The molecule has 88 valence electrons. The number of aromatic nitrogens is 1. The Bertz CT molecular complexity index is 349. The van der Waals surface area contributed by atoms with Gasteiger partial charge in [-0.2, -0.15) is 0 Å². The number of nitrogens with zero attached hydrogens (tertiary/aromatic N) is 2. The van der Waals surface area contributed by atoms with E-state index in [1.54, 1.807) is 0 Å². The van der Waals surface area contributed by atoms with Crippen molar-refractivity contribution in [2.75, 3.05) is 20.6 Å². The summed E-state index contributed by atoms with van der Waals surface area (Å²) in [6.45, 7) is 3.31. The lowest BCUT2D eigenvalue weighted by molar-refractivity contribution is 0.327. The number of rotatable bonds is 4. The van der Waals surface area contributed by atoms with Crippen LogP contribution in [0, 0.1) is 0 Å². The average Bonchev–Trinajstić information content (AvgIpc) is 2.61. The smallest absolute Gasteiger partial charge is 0.0605 e. The first-order chi connectivity index (χ1) is 7.66. The molecule has 3 heteroatoms. The highest BCUT2D eigenvalue weighted by atomic mass is 15.1. The van der Waals surface area contributed by atoms with Crippen LogP contribution >= 0.6 is 0 Å². The maximum Gasteiger partial charge on any atom is 0.0605 e. The molecule has 1 N–H and O–H groups in total. The Labute approximate surface area is 97.9 Å². The molecule has 16 heavy (non-hydrogen) atoms. The predicted octanol–water partition coefficient (Wildman–Crippen LogP) is 1.61. The highest BCUT2D eigenvalue weighted by Gasteiger charge is 2.24. The van der Waals surface area contributed by atoms with Crippen LogP contribution in [0.2, 0.25) is 0 Å². The van der Waals surface area contributed by atoms with Crippen molar-refractivity contribution in [3.63, 3.8) is 0 Å². The second-order valence-corrected chi connectivity index (χ2v) is 4.97. The van der Waals surface area contributed by atoms with Gasteiger partial charge in [0.1, 0.15) is 0 Å². The number of nitrogens with one attached hydrogen (secondary N) is 1. The SMILES string of the molecule is CC(CN(C)C)NC1CCc2cccnc21. The minimum Gasteiger partial charge on any atom is -0.308 e. The second kappa shape index (κ2) is 4.93. The molecular weight excluding hydrogens is 198 g/mol. The Morgan fingerprint density at radius 2 is 2.38 bits per heavy atom. The van der Waals surface area contributed by atoms with Gasteiger partial charge in [0, 0.05) is 18.8 Å². The summed E-state index contributed by atoms with van der Waals surface area (Å²) in [4.78, 5) is 6.71. The van der Waals surface area contributed by atoms with Gasteiger partial charge in [-0.05, 0) is 45.5 Å². The van der Waals surface area contributed by atoms with Gasteiger partial charge in [0.25, 0.3) is 0 Å². The largest absolute Gasteiger partial charge is 0.308 e. The van der Waals surface area contributed by atoms with Gasteiger partial charge < -0.3 is 10.2 Å². The summed E-state index contributed by atoms with van der Waals surface area (Å²) in [6, 6.07) is 5.18. The van der Waals surface area contributed by atoms with Gasteiger partial charge in [0.2, 0.25) is 0 Å². The summed E-state index contributed by atoms with van der Waals surface area (Å²) in [7, 11) is 4.22. The lowest BCUT2D eigenvalue weighted by Gasteiger charge is -2.22. The van der Waals surface area contributed by atoms with Crippen molar-refractivity contribution in [1.82, 2.24) is 15.2 Å². The molecule has 0 radical (unpaired) electrons. The van der Waals surface area contributed by atoms with E-state index in [1.165, 1.54) is 17.7 Å². The van der Waals surface area contributed by atoms with Crippen molar-refractivity contribution >= 4 is 0 Å². The van der Waals surface area contributed by atoms with Crippen LogP contribution < -0.4 is 5.32 Å². The fourth-order valence-electron chi connectivity index (χ4n) is 2.52. The zero-order valence-corrected chi connectivity index (χ0v) is 10.4. The molecule has 0 spiro atoms. The summed E-state index contributed by atoms with van der Waals surface area (Å²) >= 11 is 0. The molecule has 1 aromatic rings. The molecule has 0 aliphatic heterocycles. The normalized spacial score (nSPS) is 21.1. The molecule has 2 unspecified atom stereocenters. The topological polar surface area (TPSA) is 28.2 Å². The van der Waals surface area contributed by atoms with E-state index in [0.29, 0.717) is 12.1 Å². The van der Waals surface area contributed by atoms with Crippen molar-refractivity contribution < 1.29 is 0 Å². The fraction of sp³-hybridized carbons (Fsp3) is 0.615. The Morgan fingerprint density at radius 3 is 3.12 bits per heavy atom. The highest BCUT2D eigenvalue weighted by Crippen LogP contribution is 2.29. The van der Waals surface area contributed by atoms with E-state index in [4.69, 9.17) is 0 Å². The summed E-state index contributed by atoms with van der Waals surface area (Å²) in [6.07, 6.45) is 4.25. The van der Waals surface area contributed by atoms with Gasteiger partial charge in [-0.15, -0.1) is 0 Å². The molecule has 0 fully saturated rings. The standard InChI is InChI=1S/C13H21N3/c1-10(9-16(2)3)15-12-7-6-11-5-4-8-14-13(11)12/h4-5,8,10,12,15H,6-7,9H2,1-3H3. The van der Waals surface area contributed by atoms with Crippen molar-refractivity contribution in [1.29, 1.82) is 0 Å². The lowest BCUT2D eigenvalue weighted by atomic mass is 10.2. The first-order valence-corrected chi connectivity index (χ1v) is 6.01. The Kier molecular flexibility index (Phi) is 3.56. The molecule has 0 saturated carbocycles. The number of pyridine rings is 1. The molecule has 0 bridgehead atoms. The lowest BCUT2D eigenvalue weighted by Crippen LogP contribution is -2.37. The predicted molar refractivity (Wildman–Crippen MR) is 66.5 cm³/mol. The third-order valence-corrected chi connectivity index (χ3v) is 3.08. The van der Waals surface area contributed by atoms with Gasteiger partial charge in [0.05, 0.1) is 11.7 Å². The van der Waals surface area contributed by atoms with E-state index in [1.807, 2.05) is 12.3 Å². The van der Waals surface area contributed by atoms with E-state index in [2.05, 4.69) is 42.3 Å². The Balaban J connectivity index is 1.98. The Morgan fingerprint density at radius 1 is 1.56 bits per heavy atom. The second-order valence-electron chi connectivity index (χ2n) is 4.97. The summed E-state index contributed by atoms with van der Waals surface area (Å²) in [5.41, 5.74) is 2.67. The van der Waals surface area contributed by atoms with E-state index in [0.717, 1.165) is 13.0 Å². The minimum atomic E-state index is 0.450. The molecule has 0 amide bonds. The third-order valence-electron chi connectivity index (χ3n) is 3.08. The van der Waals surface area contributed by atoms with E-state index >= 15 is 0 Å². The van der Waals surface area contributed by atoms with Crippen LogP contribution in [-0.4, -0.2) is 36.6 Å². The molecule has 2 rings (SSSR count). The minimum absolute atomic E-state index is 0.450. The van der Waals surface area contributed by atoms with Crippen molar-refractivity contribution in [3.05, 3.63) is 29.6 Å². The molecule has 1 aliphatic rings. The first-order valence-electron chi connectivity index (χ1n) is 6.01. The molecule has 1 aliphatic carbocycles. The third kappa shape index (κ3) is 2.60. The maximum atomic E-state index is 4.50. The maximum absolute atomic E-state index is 4.50. The van der Waals surface area contributed by atoms with Gasteiger partial charge in [0.15, 0.2) is 0 Å². The van der Waals surface area contributed by atoms with Crippen LogP contribution in [0.3, 0.4) is 0 Å². The van der Waals surface area contributed by atoms with Crippen LogP contribution in [0.4, 0.5) is 0 Å². The summed E-state index contributed by atoms with van der Waals surface area (Å²) < 4.78 is 0. The van der Waals surface area contributed by atoms with E-state index in [-0.39, 0.29) is 0 Å². The molecule has 0 aromatic carbocycles. The van der Waals surface area contributed by atoms with Gasteiger partial charge >= 0.3 is 0 Å². The fourth-order valence-corrected chi connectivity index (χ4v) is 2.52. The van der Waals surface area contributed by atoms with Crippen molar-refractivity contribution in [2.45, 2.75) is 31.8 Å². The zero-order valence-electron chi connectivity index (χ0n) is 10.4. The van der Waals surface area contributed by atoms with E-state index < -0.39 is 0 Å². The molecule has 2 atom stereocenters. The molecular formula is C13H21N3. The number of fused-ring (bicyclic) bond motifs is 1. The number of aryl methyl sites for hydroxylation is 1. The van der Waals surface area contributed by atoms with Crippen LogP contribution in [0.25, 0.3) is 0 Å². The van der Waals surface area contributed by atoms with Crippen LogP contribution in [0.5, 0.6) is 0 Å². The van der Waals surface area contributed by atoms with Crippen molar-refractivity contribution in [2.24, 2.45) is 0 Å². The average molecular weight is 219 g/mol. The summed E-state index contributed by atoms with van der Waals surface area (Å²) in [5, 5.41) is 3.66. The van der Waals surface area contributed by atoms with Gasteiger partial charge in [-0.3, -0.25) is 4.98 Å². The van der Waals surface area contributed by atoms with Gasteiger partial charge in [-0.1, -0.05) is 6.07 Å². The molecule has 1 heterocycles. The van der Waals surface area contributed by atoms with Crippen molar-refractivity contribution in [3.8, 4) is 0 Å². The monoisotopic (exact) mass is 219 g/mol. The van der Waals surface area contributed by atoms with Gasteiger partial charge in [-0.25, -0.2) is 0 Å². The molecule has 3 nitrogen and oxygen atoms in total. The molecule has 1 aromatic heterocycles. The number of hydrogen-bond acceptors (Lipinski definition) is 3. The van der Waals surface area contributed by atoms with Crippen LogP contribution in [0.1, 0.15) is 30.6 Å².